The second kappa shape index (κ2) is 12.2. The average molecular weight is 411 g/mol. The smallest absolute Gasteiger partial charge is 0.412 e. The molecule has 0 radical (unpaired) electrons. The van der Waals surface area contributed by atoms with Crippen molar-refractivity contribution < 1.29 is 31.6 Å². The summed E-state index contributed by atoms with van der Waals surface area (Å²) in [6, 6.07) is 8.03. The number of halogens is 1. The summed E-state index contributed by atoms with van der Waals surface area (Å²) in [5, 5.41) is 2.89. The van der Waals surface area contributed by atoms with Crippen molar-refractivity contribution in [2.75, 3.05) is 25.0 Å². The van der Waals surface area contributed by atoms with Gasteiger partial charge in [-0.2, -0.15) is 0 Å². The summed E-state index contributed by atoms with van der Waals surface area (Å²) in [6.45, 7) is 5.29. The van der Waals surface area contributed by atoms with Gasteiger partial charge >= 0.3 is 6.09 Å². The van der Waals surface area contributed by atoms with Crippen molar-refractivity contribution in [2.24, 2.45) is 0 Å². The Hall–Kier alpha value is -1.46. The highest BCUT2D eigenvalue weighted by molar-refractivity contribution is 5.85. The van der Waals surface area contributed by atoms with Crippen LogP contribution in [0.15, 0.2) is 24.3 Å². The molecule has 28 heavy (non-hydrogen) atoms. The number of piperidine rings is 1. The highest BCUT2D eigenvalue weighted by Gasteiger charge is 2.36. The monoisotopic (exact) mass is 410 g/mol. The van der Waals surface area contributed by atoms with E-state index >= 15 is 0 Å². The summed E-state index contributed by atoms with van der Waals surface area (Å²) in [5.74, 6) is 0.787. The number of carbonyl (C=O) groups excluding carboxylic acids is 1. The van der Waals surface area contributed by atoms with Crippen LogP contribution in [-0.2, 0) is 4.74 Å². The third-order valence-corrected chi connectivity index (χ3v) is 5.83. The zero-order valence-corrected chi connectivity index (χ0v) is 17.8. The summed E-state index contributed by atoms with van der Waals surface area (Å²) in [5.41, 5.74) is 0.728. The van der Waals surface area contributed by atoms with Gasteiger partial charge in [-0.15, -0.1) is 0 Å². The van der Waals surface area contributed by atoms with Gasteiger partial charge in [-0.3, -0.25) is 5.32 Å². The van der Waals surface area contributed by atoms with Gasteiger partial charge in [0.1, 0.15) is 11.8 Å². The average Bonchev–Trinajstić information content (AvgIpc) is 2.69. The van der Waals surface area contributed by atoms with Crippen molar-refractivity contribution in [3.63, 3.8) is 0 Å². The van der Waals surface area contributed by atoms with Gasteiger partial charge in [-0.05, 0) is 57.1 Å². The zero-order valence-electron chi connectivity index (χ0n) is 17.1. The molecule has 1 aromatic carbocycles. The molecule has 1 heterocycles. The van der Waals surface area contributed by atoms with Crippen LogP contribution in [0.3, 0.4) is 0 Å². The number of amides is 1. The predicted molar refractivity (Wildman–Crippen MR) is 108 cm³/mol. The van der Waals surface area contributed by atoms with Gasteiger partial charge in [-0.1, -0.05) is 19.4 Å². The minimum atomic E-state index is -0.339. The molecule has 2 aliphatic rings. The van der Waals surface area contributed by atoms with E-state index in [1.165, 1.54) is 45.2 Å². The molecule has 1 aliphatic heterocycles. The number of hydrogen-bond donors (Lipinski definition) is 2. The van der Waals surface area contributed by atoms with Crippen LogP contribution in [-0.4, -0.2) is 37.9 Å². The Balaban J connectivity index is 0.00000280. The number of unbranched alkanes of at least 4 members (excludes halogenated alkanes) is 1. The highest BCUT2D eigenvalue weighted by Crippen LogP contribution is 2.22. The van der Waals surface area contributed by atoms with E-state index in [0.29, 0.717) is 12.6 Å². The Bertz CT molecular complexity index is 593. The minimum absolute atomic E-state index is 0. The van der Waals surface area contributed by atoms with Gasteiger partial charge in [0.2, 0.25) is 0 Å². The Kier molecular flexibility index (Phi) is 9.93. The third kappa shape index (κ3) is 6.85. The van der Waals surface area contributed by atoms with Gasteiger partial charge in [0.05, 0.1) is 19.7 Å². The Morgan fingerprint density at radius 3 is 2.71 bits per heavy atom. The van der Waals surface area contributed by atoms with Crippen LogP contribution in [0.1, 0.15) is 64.7 Å². The second-order valence-corrected chi connectivity index (χ2v) is 7.91. The fraction of sp³-hybridized carbons (Fsp3) is 0.682. The lowest BCUT2D eigenvalue weighted by Gasteiger charge is -2.38. The molecule has 0 unspecified atom stereocenters. The summed E-state index contributed by atoms with van der Waals surface area (Å²) < 4.78 is 11.6. The molecule has 1 saturated heterocycles. The van der Waals surface area contributed by atoms with Crippen molar-refractivity contribution in [2.45, 2.75) is 76.9 Å². The lowest BCUT2D eigenvalue weighted by atomic mass is 9.90. The lowest BCUT2D eigenvalue weighted by molar-refractivity contribution is -0.934. The number of rotatable bonds is 7. The minimum Gasteiger partial charge on any atom is -1.00 e. The molecule has 0 bridgehead atoms. The molecule has 158 valence electrons. The van der Waals surface area contributed by atoms with Gasteiger partial charge in [0.25, 0.3) is 0 Å². The fourth-order valence-corrected chi connectivity index (χ4v) is 4.36. The van der Waals surface area contributed by atoms with Crippen molar-refractivity contribution in [1.29, 1.82) is 0 Å². The number of likely N-dealkylation sites (tertiary alicyclic amines) is 1. The number of ether oxygens (including phenoxy) is 2. The lowest BCUT2D eigenvalue weighted by Crippen LogP contribution is -3.17. The normalized spacial score (nSPS) is 22.8. The Labute approximate surface area is 175 Å². The topological polar surface area (TPSA) is 52.0 Å². The molecule has 2 fully saturated rings. The summed E-state index contributed by atoms with van der Waals surface area (Å²) in [7, 11) is 0. The first-order chi connectivity index (χ1) is 13.3. The molecule has 1 aliphatic carbocycles. The van der Waals surface area contributed by atoms with Crippen LogP contribution in [0.2, 0.25) is 0 Å². The van der Waals surface area contributed by atoms with Gasteiger partial charge < -0.3 is 26.8 Å². The molecule has 2 N–H and O–H groups in total. The van der Waals surface area contributed by atoms with E-state index in [1.54, 1.807) is 4.90 Å². The van der Waals surface area contributed by atoms with Crippen LogP contribution >= 0.6 is 0 Å². The van der Waals surface area contributed by atoms with Gasteiger partial charge in [0.15, 0.2) is 6.10 Å². The predicted octanol–water partition coefficient (Wildman–Crippen LogP) is 0.798. The van der Waals surface area contributed by atoms with Gasteiger partial charge in [0, 0.05) is 18.2 Å². The maximum Gasteiger partial charge on any atom is 0.412 e. The Morgan fingerprint density at radius 2 is 1.93 bits per heavy atom. The number of quaternary nitrogens is 1. The highest BCUT2D eigenvalue weighted by atomic mass is 35.5. The molecule has 2 atom stereocenters. The number of carbonyl (C=O) groups is 1. The maximum atomic E-state index is 12.5. The number of hydrogen-bond acceptors (Lipinski definition) is 3. The molecule has 3 rings (SSSR count). The van der Waals surface area contributed by atoms with E-state index in [9.17, 15) is 4.79 Å². The zero-order chi connectivity index (χ0) is 18.9. The molecule has 5 nitrogen and oxygen atoms in total. The van der Waals surface area contributed by atoms with E-state index in [2.05, 4.69) is 12.2 Å². The molecule has 0 spiro atoms. The standard InChI is InChI=1S/C22H34N2O3.ClH/c1-2-3-16-26-19-11-9-10-18(17-19)23-22(25)27-21-13-6-5-12-20(21)24-14-7-4-8-15-24;/h9-11,17,20-21H,2-8,12-16H2,1H3,(H,23,25);1H/t20-,21-;/m1./s1. The summed E-state index contributed by atoms with van der Waals surface area (Å²) in [6.07, 6.45) is 10.4. The van der Waals surface area contributed by atoms with Crippen LogP contribution < -0.4 is 27.4 Å². The molecular weight excluding hydrogens is 376 g/mol. The van der Waals surface area contributed by atoms with Crippen LogP contribution in [0.4, 0.5) is 10.5 Å². The third-order valence-electron chi connectivity index (χ3n) is 5.83. The molecule has 1 amide bonds. The summed E-state index contributed by atoms with van der Waals surface area (Å²) in [4.78, 5) is 14.1. The maximum absolute atomic E-state index is 12.5. The first-order valence-corrected chi connectivity index (χ1v) is 10.8. The van der Waals surface area contributed by atoms with Gasteiger partial charge in [-0.25, -0.2) is 4.79 Å². The molecule has 0 aromatic heterocycles. The van der Waals surface area contributed by atoms with Crippen molar-refractivity contribution in [3.05, 3.63) is 24.3 Å². The van der Waals surface area contributed by atoms with Crippen LogP contribution in [0.5, 0.6) is 5.75 Å². The fourth-order valence-electron chi connectivity index (χ4n) is 4.36. The van der Waals surface area contributed by atoms with E-state index < -0.39 is 0 Å². The first kappa shape index (κ1) is 22.8. The number of nitrogens with one attached hydrogen (secondary N) is 2. The molecule has 1 aromatic rings. The quantitative estimate of drug-likeness (QED) is 0.654. The van der Waals surface area contributed by atoms with E-state index in [4.69, 9.17) is 9.47 Å². The number of benzene rings is 1. The molecular formula is C22H35ClN2O3. The van der Waals surface area contributed by atoms with E-state index in [-0.39, 0.29) is 24.6 Å². The Morgan fingerprint density at radius 1 is 1.14 bits per heavy atom. The molecule has 1 saturated carbocycles. The second-order valence-electron chi connectivity index (χ2n) is 7.91. The summed E-state index contributed by atoms with van der Waals surface area (Å²) >= 11 is 0. The first-order valence-electron chi connectivity index (χ1n) is 10.8. The van der Waals surface area contributed by atoms with E-state index in [0.717, 1.165) is 37.1 Å². The number of anilines is 1. The SMILES string of the molecule is CCCCOc1cccc(NC(=O)O[C@@H]2CCCC[C@H]2[NH+]2CCCCC2)c1.[Cl-]. The van der Waals surface area contributed by atoms with Crippen molar-refractivity contribution in [3.8, 4) is 5.75 Å². The van der Waals surface area contributed by atoms with Crippen molar-refractivity contribution in [1.82, 2.24) is 0 Å². The largest absolute Gasteiger partial charge is 1.00 e. The van der Waals surface area contributed by atoms with E-state index in [1.807, 2.05) is 24.3 Å². The van der Waals surface area contributed by atoms with Crippen molar-refractivity contribution >= 4 is 11.8 Å². The van der Waals surface area contributed by atoms with Crippen LogP contribution in [0.25, 0.3) is 0 Å². The molecule has 6 heteroatoms. The van der Waals surface area contributed by atoms with Crippen LogP contribution in [0, 0.1) is 0 Å².